The van der Waals surface area contributed by atoms with Gasteiger partial charge in [0.2, 0.25) is 0 Å². The molecule has 68 valence electrons. The summed E-state index contributed by atoms with van der Waals surface area (Å²) >= 11 is 0. The normalized spacial score (nSPS) is 29.0. The Labute approximate surface area is 78.6 Å². The van der Waals surface area contributed by atoms with E-state index in [0.717, 1.165) is 11.3 Å². The molecule has 0 N–H and O–H groups in total. The molecule has 0 amide bonds. The molecule has 0 aromatic rings. The van der Waals surface area contributed by atoms with E-state index < -0.39 is 0 Å². The molecule has 0 fully saturated rings. The summed E-state index contributed by atoms with van der Waals surface area (Å²) in [5, 5.41) is 0. The summed E-state index contributed by atoms with van der Waals surface area (Å²) in [5.74, 6) is 0.850. The highest BCUT2D eigenvalue weighted by Gasteiger charge is 1.86. The molecule has 0 aromatic carbocycles. The van der Waals surface area contributed by atoms with Crippen molar-refractivity contribution in [2.24, 2.45) is 4.99 Å². The van der Waals surface area contributed by atoms with Gasteiger partial charge in [-0.05, 0) is 24.6 Å². The van der Waals surface area contributed by atoms with Crippen LogP contribution < -0.4 is 0 Å². The molecule has 2 nitrogen and oxygen atoms in total. The summed E-state index contributed by atoms with van der Waals surface area (Å²) in [6.07, 6.45) is 11.2. The van der Waals surface area contributed by atoms with Gasteiger partial charge in [0.1, 0.15) is 0 Å². The SMILES string of the molecule is C=C1/C=C\C=N\CO/C(C)=C/C=C\1. The largest absolute Gasteiger partial charge is 0.476 e. The lowest BCUT2D eigenvalue weighted by Gasteiger charge is -1.99. The quantitative estimate of drug-likeness (QED) is 0.554. The summed E-state index contributed by atoms with van der Waals surface area (Å²) in [5.41, 5.74) is 0.942. The molecule has 2 heteroatoms. The number of hydrogen-bond acceptors (Lipinski definition) is 2. The molecule has 1 heterocycles. The van der Waals surface area contributed by atoms with Gasteiger partial charge >= 0.3 is 0 Å². The van der Waals surface area contributed by atoms with Crippen LogP contribution in [0.2, 0.25) is 0 Å². The van der Waals surface area contributed by atoms with Crippen LogP contribution in [-0.4, -0.2) is 12.9 Å². The monoisotopic (exact) mass is 175 g/mol. The molecule has 1 rings (SSSR count). The van der Waals surface area contributed by atoms with Crippen LogP contribution in [0.1, 0.15) is 6.92 Å². The van der Waals surface area contributed by atoms with Crippen molar-refractivity contribution in [3.05, 3.63) is 48.3 Å². The van der Waals surface area contributed by atoms with Crippen LogP contribution >= 0.6 is 0 Å². The summed E-state index contributed by atoms with van der Waals surface area (Å²) in [6.45, 7) is 6.10. The number of nitrogens with zero attached hydrogens (tertiary/aromatic N) is 1. The highest BCUT2D eigenvalue weighted by molar-refractivity contribution is 5.72. The minimum atomic E-state index is 0.368. The molecule has 1 aliphatic rings. The lowest BCUT2D eigenvalue weighted by atomic mass is 10.2. The number of ether oxygens (including phenoxy) is 1. The number of hydrogen-bond donors (Lipinski definition) is 0. The molecule has 13 heavy (non-hydrogen) atoms. The molecule has 0 radical (unpaired) electrons. The lowest BCUT2D eigenvalue weighted by molar-refractivity contribution is 0.225. The maximum Gasteiger partial charge on any atom is 0.178 e. The molecule has 0 spiro atoms. The number of allylic oxidation sites excluding steroid dienone is 7. The van der Waals surface area contributed by atoms with Crippen LogP contribution in [0.25, 0.3) is 0 Å². The summed E-state index contributed by atoms with van der Waals surface area (Å²) in [4.78, 5) is 4.02. The van der Waals surface area contributed by atoms with E-state index in [4.69, 9.17) is 4.74 Å². The van der Waals surface area contributed by atoms with E-state index >= 15 is 0 Å². The van der Waals surface area contributed by atoms with Crippen molar-refractivity contribution >= 4 is 6.21 Å². The van der Waals surface area contributed by atoms with Crippen LogP contribution in [0, 0.1) is 0 Å². The number of aliphatic imine (C=N–C) groups is 1. The zero-order valence-electron chi connectivity index (χ0n) is 7.73. The fourth-order valence-corrected chi connectivity index (χ4v) is 0.820. The van der Waals surface area contributed by atoms with Crippen molar-refractivity contribution in [2.75, 3.05) is 6.73 Å². The Balaban J connectivity index is 2.75. The lowest BCUT2D eigenvalue weighted by Crippen LogP contribution is -1.87. The second kappa shape index (κ2) is 5.14. The molecule has 0 aromatic heterocycles. The van der Waals surface area contributed by atoms with E-state index in [2.05, 4.69) is 11.6 Å². The van der Waals surface area contributed by atoms with Crippen molar-refractivity contribution in [1.82, 2.24) is 0 Å². The van der Waals surface area contributed by atoms with Crippen molar-refractivity contribution in [3.63, 3.8) is 0 Å². The van der Waals surface area contributed by atoms with Gasteiger partial charge in [-0.3, -0.25) is 4.99 Å². The zero-order valence-corrected chi connectivity index (χ0v) is 7.73. The average molecular weight is 175 g/mol. The third-order valence-corrected chi connectivity index (χ3v) is 1.51. The van der Waals surface area contributed by atoms with E-state index in [-0.39, 0.29) is 0 Å². The molecule has 1 aliphatic heterocycles. The molecular formula is C11H13NO. The Kier molecular flexibility index (Phi) is 3.76. The second-order valence-electron chi connectivity index (χ2n) is 2.68. The standard InChI is InChI=1S/C11H13NO/c1-10-5-3-7-11(2)13-9-12-8-4-6-10/h3-8H,1,9H2,2H3/b5-3-,6-4-,11-7+,12-8+. The van der Waals surface area contributed by atoms with Crippen LogP contribution in [0.4, 0.5) is 0 Å². The third-order valence-electron chi connectivity index (χ3n) is 1.51. The zero-order chi connectivity index (χ0) is 9.52. The highest BCUT2D eigenvalue weighted by atomic mass is 16.5. The highest BCUT2D eigenvalue weighted by Crippen LogP contribution is 2.00. The molecule has 0 unspecified atom stereocenters. The average Bonchev–Trinajstić information content (AvgIpc) is 2.13. The first-order valence-electron chi connectivity index (χ1n) is 4.12. The first-order valence-corrected chi connectivity index (χ1v) is 4.12. The van der Waals surface area contributed by atoms with Gasteiger partial charge in [0.05, 0.1) is 5.76 Å². The first kappa shape index (κ1) is 9.52. The molecule has 0 bridgehead atoms. The van der Waals surface area contributed by atoms with Gasteiger partial charge in [-0.15, -0.1) is 0 Å². The van der Waals surface area contributed by atoms with E-state index in [1.807, 2.05) is 37.3 Å². The predicted molar refractivity (Wildman–Crippen MR) is 55.6 cm³/mol. The summed E-state index contributed by atoms with van der Waals surface area (Å²) in [7, 11) is 0. The van der Waals surface area contributed by atoms with Crippen LogP contribution in [0.3, 0.4) is 0 Å². The van der Waals surface area contributed by atoms with Gasteiger partial charge in [0.25, 0.3) is 0 Å². The molecule has 0 aliphatic carbocycles. The van der Waals surface area contributed by atoms with Crippen molar-refractivity contribution < 1.29 is 4.74 Å². The van der Waals surface area contributed by atoms with Crippen molar-refractivity contribution in [1.29, 1.82) is 0 Å². The Morgan fingerprint density at radius 1 is 1.38 bits per heavy atom. The fourth-order valence-electron chi connectivity index (χ4n) is 0.820. The maximum atomic E-state index is 5.26. The fraction of sp³-hybridized carbons (Fsp3) is 0.182. The summed E-state index contributed by atoms with van der Waals surface area (Å²) in [6, 6.07) is 0. The van der Waals surface area contributed by atoms with Gasteiger partial charge in [0.15, 0.2) is 6.73 Å². The maximum absolute atomic E-state index is 5.26. The van der Waals surface area contributed by atoms with Gasteiger partial charge in [-0.1, -0.05) is 24.8 Å². The number of rotatable bonds is 0. The topological polar surface area (TPSA) is 21.6 Å². The Hall–Kier alpha value is -1.57. The summed E-state index contributed by atoms with van der Waals surface area (Å²) < 4.78 is 5.26. The van der Waals surface area contributed by atoms with Crippen LogP contribution in [-0.2, 0) is 4.74 Å². The van der Waals surface area contributed by atoms with E-state index in [9.17, 15) is 0 Å². The predicted octanol–water partition coefficient (Wildman–Crippen LogP) is 2.62. The third kappa shape index (κ3) is 4.11. The van der Waals surface area contributed by atoms with Crippen molar-refractivity contribution in [2.45, 2.75) is 6.92 Å². The Morgan fingerprint density at radius 3 is 3.00 bits per heavy atom. The van der Waals surface area contributed by atoms with Gasteiger partial charge < -0.3 is 4.74 Å². The smallest absolute Gasteiger partial charge is 0.178 e. The van der Waals surface area contributed by atoms with Crippen molar-refractivity contribution in [3.8, 4) is 0 Å². The second-order valence-corrected chi connectivity index (χ2v) is 2.68. The minimum absolute atomic E-state index is 0.368. The van der Waals surface area contributed by atoms with Gasteiger partial charge in [-0.2, -0.15) is 0 Å². The van der Waals surface area contributed by atoms with Crippen LogP contribution in [0.5, 0.6) is 0 Å². The first-order chi connectivity index (χ1) is 6.29. The van der Waals surface area contributed by atoms with E-state index in [1.165, 1.54) is 0 Å². The van der Waals surface area contributed by atoms with E-state index in [1.54, 1.807) is 6.21 Å². The minimum Gasteiger partial charge on any atom is -0.476 e. The van der Waals surface area contributed by atoms with E-state index in [0.29, 0.717) is 6.73 Å². The Bertz CT molecular complexity index is 295. The van der Waals surface area contributed by atoms with Gasteiger partial charge in [0, 0.05) is 6.21 Å². The molecule has 0 saturated carbocycles. The Morgan fingerprint density at radius 2 is 2.15 bits per heavy atom. The molecular weight excluding hydrogens is 162 g/mol. The van der Waals surface area contributed by atoms with Gasteiger partial charge in [-0.25, -0.2) is 0 Å². The molecule has 0 atom stereocenters. The van der Waals surface area contributed by atoms with Crippen LogP contribution in [0.15, 0.2) is 53.3 Å². The molecule has 0 saturated heterocycles.